The quantitative estimate of drug-likeness (QED) is 0.413. The Kier molecular flexibility index (Phi) is 5.88. The van der Waals surface area contributed by atoms with Crippen LogP contribution in [0.4, 0.5) is 0 Å². The number of hydrogen-bond acceptors (Lipinski definition) is 4. The standard InChI is InChI=1S/C24H19Cl2NO4S/c1-23(21(28)29)13-24(22(30)31,10-9-16(23)14-5-3-2-4-6-14)20-27-19(12-32-20)15-7-8-17(25)18(26)11-15/h2-12,16H,13H2,1H3,(H,28,29)(H,30,31). The van der Waals surface area contributed by atoms with E-state index in [0.29, 0.717) is 26.3 Å². The maximum atomic E-state index is 12.6. The van der Waals surface area contributed by atoms with Crippen LogP contribution in [0.5, 0.6) is 0 Å². The number of nitrogens with zero attached hydrogens (tertiary/aromatic N) is 1. The van der Waals surface area contributed by atoms with E-state index in [-0.39, 0.29) is 6.42 Å². The molecule has 0 bridgehead atoms. The number of rotatable bonds is 5. The maximum Gasteiger partial charge on any atom is 0.320 e. The molecule has 1 heterocycles. The molecule has 5 nitrogen and oxygen atoms in total. The molecule has 0 aliphatic heterocycles. The van der Waals surface area contributed by atoms with Gasteiger partial charge in [0.1, 0.15) is 10.4 Å². The second-order valence-corrected chi connectivity index (χ2v) is 9.76. The van der Waals surface area contributed by atoms with Crippen molar-refractivity contribution in [2.24, 2.45) is 5.41 Å². The first-order valence-corrected chi connectivity index (χ1v) is 11.4. The Hall–Kier alpha value is -2.67. The van der Waals surface area contributed by atoms with E-state index < -0.39 is 28.7 Å². The fourth-order valence-electron chi connectivity index (χ4n) is 4.22. The number of allylic oxidation sites excluding steroid dienone is 1. The molecule has 2 N–H and O–H groups in total. The van der Waals surface area contributed by atoms with Crippen molar-refractivity contribution in [3.63, 3.8) is 0 Å². The Labute approximate surface area is 199 Å². The zero-order chi connectivity index (χ0) is 23.1. The smallest absolute Gasteiger partial charge is 0.320 e. The van der Waals surface area contributed by atoms with Crippen LogP contribution in [-0.2, 0) is 15.0 Å². The van der Waals surface area contributed by atoms with Gasteiger partial charge >= 0.3 is 11.9 Å². The van der Waals surface area contributed by atoms with Crippen molar-refractivity contribution in [3.05, 3.63) is 86.7 Å². The van der Waals surface area contributed by atoms with Gasteiger partial charge in [-0.25, -0.2) is 4.98 Å². The molecule has 3 aromatic rings. The lowest BCUT2D eigenvalue weighted by atomic mass is 9.60. The average molecular weight is 488 g/mol. The molecule has 2 aromatic carbocycles. The van der Waals surface area contributed by atoms with E-state index in [1.807, 2.05) is 30.3 Å². The van der Waals surface area contributed by atoms with E-state index >= 15 is 0 Å². The average Bonchev–Trinajstić information content (AvgIpc) is 3.26. The summed E-state index contributed by atoms with van der Waals surface area (Å²) in [4.78, 5) is 29.6. The number of aromatic nitrogens is 1. The normalized spacial score (nSPS) is 24.9. The van der Waals surface area contributed by atoms with Crippen LogP contribution in [0.15, 0.2) is 66.1 Å². The van der Waals surface area contributed by atoms with Gasteiger partial charge in [-0.2, -0.15) is 0 Å². The zero-order valence-corrected chi connectivity index (χ0v) is 19.3. The van der Waals surface area contributed by atoms with E-state index in [0.717, 1.165) is 5.56 Å². The third-order valence-corrected chi connectivity index (χ3v) is 7.79. The molecule has 0 saturated carbocycles. The molecular formula is C24H19Cl2NO4S. The van der Waals surface area contributed by atoms with Crippen LogP contribution >= 0.6 is 34.5 Å². The number of aliphatic carboxylic acids is 2. The van der Waals surface area contributed by atoms with Crippen molar-refractivity contribution in [3.8, 4) is 11.3 Å². The number of thiazole rings is 1. The molecule has 1 aliphatic rings. The van der Waals surface area contributed by atoms with Crippen LogP contribution in [-0.4, -0.2) is 27.1 Å². The molecule has 32 heavy (non-hydrogen) atoms. The minimum absolute atomic E-state index is 0.130. The first kappa shape index (κ1) is 22.5. The molecule has 0 amide bonds. The number of carbonyl (C=O) groups is 2. The Morgan fingerprint density at radius 3 is 2.41 bits per heavy atom. The molecule has 0 spiro atoms. The van der Waals surface area contributed by atoms with Gasteiger partial charge in [0.25, 0.3) is 0 Å². The van der Waals surface area contributed by atoms with Crippen molar-refractivity contribution in [2.75, 3.05) is 0 Å². The molecule has 164 valence electrons. The van der Waals surface area contributed by atoms with E-state index in [1.165, 1.54) is 11.3 Å². The van der Waals surface area contributed by atoms with Crippen LogP contribution in [0, 0.1) is 5.41 Å². The van der Waals surface area contributed by atoms with Gasteiger partial charge in [-0.3, -0.25) is 9.59 Å². The first-order chi connectivity index (χ1) is 15.2. The van der Waals surface area contributed by atoms with Crippen LogP contribution < -0.4 is 0 Å². The van der Waals surface area contributed by atoms with Gasteiger partial charge in [0, 0.05) is 16.9 Å². The van der Waals surface area contributed by atoms with Crippen LogP contribution in [0.3, 0.4) is 0 Å². The molecule has 1 aromatic heterocycles. The second-order valence-electron chi connectivity index (χ2n) is 8.09. The maximum absolute atomic E-state index is 12.6. The van der Waals surface area contributed by atoms with Gasteiger partial charge in [0.05, 0.1) is 21.2 Å². The number of hydrogen-bond donors (Lipinski definition) is 2. The molecule has 0 saturated heterocycles. The Morgan fingerprint density at radius 1 is 1.06 bits per heavy atom. The van der Waals surface area contributed by atoms with Crippen molar-refractivity contribution >= 4 is 46.5 Å². The largest absolute Gasteiger partial charge is 0.481 e. The fourth-order valence-corrected chi connectivity index (χ4v) is 5.52. The first-order valence-electron chi connectivity index (χ1n) is 9.80. The van der Waals surface area contributed by atoms with Crippen molar-refractivity contribution in [1.29, 1.82) is 0 Å². The highest BCUT2D eigenvalue weighted by Crippen LogP contribution is 2.52. The van der Waals surface area contributed by atoms with Gasteiger partial charge in [0.2, 0.25) is 0 Å². The van der Waals surface area contributed by atoms with Crippen molar-refractivity contribution in [1.82, 2.24) is 4.98 Å². The molecule has 0 radical (unpaired) electrons. The molecular weight excluding hydrogens is 469 g/mol. The van der Waals surface area contributed by atoms with Gasteiger partial charge in [-0.05, 0) is 31.0 Å². The SMILES string of the molecule is CC1(C(=O)O)CC(C(=O)O)(c2nc(-c3ccc(Cl)c(Cl)c3)cs2)C=CC1c1ccccc1. The Balaban J connectivity index is 1.81. The monoisotopic (exact) mass is 487 g/mol. The van der Waals surface area contributed by atoms with E-state index in [4.69, 9.17) is 23.2 Å². The number of benzene rings is 2. The summed E-state index contributed by atoms with van der Waals surface area (Å²) in [5.74, 6) is -2.66. The van der Waals surface area contributed by atoms with Crippen LogP contribution in [0.1, 0.15) is 29.8 Å². The summed E-state index contributed by atoms with van der Waals surface area (Å²) in [7, 11) is 0. The summed E-state index contributed by atoms with van der Waals surface area (Å²) in [6, 6.07) is 14.3. The second kappa shape index (κ2) is 8.35. The lowest BCUT2D eigenvalue weighted by molar-refractivity contribution is -0.153. The van der Waals surface area contributed by atoms with E-state index in [1.54, 1.807) is 42.7 Å². The van der Waals surface area contributed by atoms with Crippen molar-refractivity contribution < 1.29 is 19.8 Å². The van der Waals surface area contributed by atoms with Gasteiger partial charge in [0.15, 0.2) is 0 Å². The number of carboxylic acids is 2. The third-order valence-electron chi connectivity index (χ3n) is 6.04. The lowest BCUT2D eigenvalue weighted by Crippen LogP contribution is -2.47. The van der Waals surface area contributed by atoms with Crippen LogP contribution in [0.2, 0.25) is 10.0 Å². The van der Waals surface area contributed by atoms with Gasteiger partial charge in [-0.1, -0.05) is 71.8 Å². The Morgan fingerprint density at radius 2 is 1.78 bits per heavy atom. The topological polar surface area (TPSA) is 87.5 Å². The number of carboxylic acid groups (broad SMARTS) is 2. The summed E-state index contributed by atoms with van der Waals surface area (Å²) in [5.41, 5.74) is -0.824. The molecule has 1 aliphatic carbocycles. The highest BCUT2D eigenvalue weighted by atomic mass is 35.5. The summed E-state index contributed by atoms with van der Waals surface area (Å²) in [6.45, 7) is 1.60. The predicted octanol–water partition coefficient (Wildman–Crippen LogP) is 6.27. The predicted molar refractivity (Wildman–Crippen MR) is 126 cm³/mol. The highest BCUT2D eigenvalue weighted by Gasteiger charge is 2.55. The van der Waals surface area contributed by atoms with E-state index in [9.17, 15) is 19.8 Å². The lowest BCUT2D eigenvalue weighted by Gasteiger charge is -2.42. The summed E-state index contributed by atoms with van der Waals surface area (Å²) >= 11 is 13.3. The summed E-state index contributed by atoms with van der Waals surface area (Å²) < 4.78 is 0. The molecule has 4 rings (SSSR count). The summed E-state index contributed by atoms with van der Waals surface area (Å²) in [5, 5.41) is 23.3. The van der Waals surface area contributed by atoms with Crippen molar-refractivity contribution in [2.45, 2.75) is 24.7 Å². The fraction of sp³-hybridized carbons (Fsp3) is 0.208. The molecule has 3 unspecified atom stereocenters. The van der Waals surface area contributed by atoms with Gasteiger partial charge in [-0.15, -0.1) is 11.3 Å². The minimum Gasteiger partial charge on any atom is -0.481 e. The Bertz CT molecular complexity index is 1230. The molecule has 0 fully saturated rings. The van der Waals surface area contributed by atoms with Crippen LogP contribution in [0.25, 0.3) is 11.3 Å². The van der Waals surface area contributed by atoms with Gasteiger partial charge < -0.3 is 10.2 Å². The zero-order valence-electron chi connectivity index (χ0n) is 17.0. The number of halogens is 2. The molecule has 3 atom stereocenters. The summed E-state index contributed by atoms with van der Waals surface area (Å²) in [6.07, 6.45) is 3.16. The highest BCUT2D eigenvalue weighted by molar-refractivity contribution is 7.10. The molecule has 8 heteroatoms. The van der Waals surface area contributed by atoms with E-state index in [2.05, 4.69) is 4.98 Å². The minimum atomic E-state index is -1.56. The third kappa shape index (κ3) is 3.72.